The Morgan fingerprint density at radius 1 is 1.29 bits per heavy atom. The molecule has 1 heterocycles. The van der Waals surface area contributed by atoms with Crippen molar-refractivity contribution in [1.82, 2.24) is 5.32 Å². The fourth-order valence-corrected chi connectivity index (χ4v) is 2.38. The predicted molar refractivity (Wildman–Crippen MR) is 88.1 cm³/mol. The van der Waals surface area contributed by atoms with Gasteiger partial charge in [0.05, 0.1) is 12.8 Å². The maximum absolute atomic E-state index is 11.8. The molecule has 1 aromatic rings. The number of amides is 1. The lowest BCUT2D eigenvalue weighted by atomic mass is 10.1. The SMILES string of the molecule is CC.COc1cc2c(cc1NC(=O)CCCCCl)CNC2. The van der Waals surface area contributed by atoms with Gasteiger partial charge in [0.25, 0.3) is 0 Å². The molecule has 118 valence electrons. The molecule has 1 aliphatic rings. The van der Waals surface area contributed by atoms with Crippen LogP contribution in [0.4, 0.5) is 5.69 Å². The molecule has 0 saturated carbocycles. The number of rotatable bonds is 6. The van der Waals surface area contributed by atoms with Gasteiger partial charge in [0.15, 0.2) is 0 Å². The van der Waals surface area contributed by atoms with Gasteiger partial charge in [-0.3, -0.25) is 4.79 Å². The summed E-state index contributed by atoms with van der Waals surface area (Å²) >= 11 is 5.60. The molecule has 0 unspecified atom stereocenters. The van der Waals surface area contributed by atoms with E-state index in [1.807, 2.05) is 26.0 Å². The summed E-state index contributed by atoms with van der Waals surface area (Å²) in [5, 5.41) is 6.19. The molecule has 1 amide bonds. The Kier molecular flexibility index (Phi) is 8.16. The first kappa shape index (κ1) is 17.8. The number of ether oxygens (including phenoxy) is 1. The van der Waals surface area contributed by atoms with Crippen LogP contribution < -0.4 is 15.4 Å². The molecule has 1 aliphatic heterocycles. The minimum Gasteiger partial charge on any atom is -0.495 e. The largest absolute Gasteiger partial charge is 0.495 e. The van der Waals surface area contributed by atoms with Crippen molar-refractivity contribution in [3.05, 3.63) is 23.3 Å². The molecule has 4 nitrogen and oxygen atoms in total. The molecule has 1 aromatic carbocycles. The maximum Gasteiger partial charge on any atom is 0.224 e. The Hall–Kier alpha value is -1.26. The van der Waals surface area contributed by atoms with Gasteiger partial charge >= 0.3 is 0 Å². The maximum atomic E-state index is 11.8. The van der Waals surface area contributed by atoms with Crippen LogP contribution in [0.2, 0.25) is 0 Å². The van der Waals surface area contributed by atoms with Crippen LogP contribution in [0.15, 0.2) is 12.1 Å². The number of unbranched alkanes of at least 4 members (excludes halogenated alkanes) is 1. The minimum atomic E-state index is 0.00863. The molecule has 0 aliphatic carbocycles. The zero-order valence-corrected chi connectivity index (χ0v) is 13.8. The number of fused-ring (bicyclic) bond motifs is 1. The molecule has 21 heavy (non-hydrogen) atoms. The van der Waals surface area contributed by atoms with Crippen molar-refractivity contribution < 1.29 is 9.53 Å². The van der Waals surface area contributed by atoms with Gasteiger partial charge in [0.2, 0.25) is 5.91 Å². The monoisotopic (exact) mass is 312 g/mol. The van der Waals surface area contributed by atoms with Crippen LogP contribution in [0.1, 0.15) is 44.2 Å². The third kappa shape index (κ3) is 5.21. The molecular weight excluding hydrogens is 288 g/mol. The average Bonchev–Trinajstić information content (AvgIpc) is 2.96. The predicted octanol–water partition coefficient (Wildman–Crippen LogP) is 3.67. The zero-order valence-electron chi connectivity index (χ0n) is 13.1. The number of benzene rings is 1. The van der Waals surface area contributed by atoms with Crippen molar-refractivity contribution in [2.45, 2.75) is 46.2 Å². The van der Waals surface area contributed by atoms with Crippen LogP contribution >= 0.6 is 11.6 Å². The number of carbonyl (C=O) groups excluding carboxylic acids is 1. The second kappa shape index (κ2) is 9.64. The lowest BCUT2D eigenvalue weighted by molar-refractivity contribution is -0.116. The minimum absolute atomic E-state index is 0.00863. The third-order valence-electron chi connectivity index (χ3n) is 3.21. The van der Waals surface area contributed by atoms with Gasteiger partial charge < -0.3 is 15.4 Å². The van der Waals surface area contributed by atoms with Crippen LogP contribution in [0.3, 0.4) is 0 Å². The van der Waals surface area contributed by atoms with E-state index in [1.54, 1.807) is 7.11 Å². The van der Waals surface area contributed by atoms with Crippen LogP contribution in [-0.2, 0) is 17.9 Å². The summed E-state index contributed by atoms with van der Waals surface area (Å²) in [6.07, 6.45) is 2.16. The number of carbonyl (C=O) groups is 1. The van der Waals surface area contributed by atoms with E-state index in [0.717, 1.165) is 31.6 Å². The molecule has 0 spiro atoms. The van der Waals surface area contributed by atoms with E-state index in [-0.39, 0.29) is 5.91 Å². The van der Waals surface area contributed by atoms with Crippen LogP contribution in [0, 0.1) is 0 Å². The van der Waals surface area contributed by atoms with Crippen LogP contribution in [-0.4, -0.2) is 18.9 Å². The van der Waals surface area contributed by atoms with Crippen molar-refractivity contribution in [2.24, 2.45) is 0 Å². The molecule has 0 saturated heterocycles. The van der Waals surface area contributed by atoms with E-state index in [1.165, 1.54) is 11.1 Å². The highest BCUT2D eigenvalue weighted by Gasteiger charge is 2.15. The summed E-state index contributed by atoms with van der Waals surface area (Å²) in [6, 6.07) is 3.98. The van der Waals surface area contributed by atoms with Gasteiger partial charge in [-0.15, -0.1) is 11.6 Å². The molecule has 5 heteroatoms. The highest BCUT2D eigenvalue weighted by atomic mass is 35.5. The summed E-state index contributed by atoms with van der Waals surface area (Å²) in [6.45, 7) is 5.70. The number of halogens is 1. The van der Waals surface area contributed by atoms with E-state index in [4.69, 9.17) is 16.3 Å². The van der Waals surface area contributed by atoms with E-state index in [9.17, 15) is 4.79 Å². The number of nitrogens with one attached hydrogen (secondary N) is 2. The van der Waals surface area contributed by atoms with Gasteiger partial charge in [-0.25, -0.2) is 0 Å². The first-order valence-corrected chi connectivity index (χ1v) is 8.04. The van der Waals surface area contributed by atoms with Gasteiger partial charge in [0, 0.05) is 25.4 Å². The normalized spacial score (nSPS) is 12.2. The van der Waals surface area contributed by atoms with E-state index in [2.05, 4.69) is 10.6 Å². The molecule has 0 radical (unpaired) electrons. The first-order valence-electron chi connectivity index (χ1n) is 7.51. The third-order valence-corrected chi connectivity index (χ3v) is 3.48. The topological polar surface area (TPSA) is 50.4 Å². The van der Waals surface area contributed by atoms with E-state index in [0.29, 0.717) is 18.1 Å². The van der Waals surface area contributed by atoms with Gasteiger partial charge in [-0.05, 0) is 36.1 Å². The fourth-order valence-electron chi connectivity index (χ4n) is 2.19. The zero-order chi connectivity index (χ0) is 15.7. The molecule has 0 aromatic heterocycles. The van der Waals surface area contributed by atoms with Gasteiger partial charge in [-0.2, -0.15) is 0 Å². The average molecular weight is 313 g/mol. The number of hydrogen-bond acceptors (Lipinski definition) is 3. The Morgan fingerprint density at radius 2 is 1.95 bits per heavy atom. The smallest absolute Gasteiger partial charge is 0.224 e. The Morgan fingerprint density at radius 3 is 2.57 bits per heavy atom. The Bertz CT molecular complexity index is 464. The molecule has 0 bridgehead atoms. The van der Waals surface area contributed by atoms with Crippen molar-refractivity contribution in [3.63, 3.8) is 0 Å². The Balaban J connectivity index is 0.00000106. The van der Waals surface area contributed by atoms with E-state index >= 15 is 0 Å². The highest BCUT2D eigenvalue weighted by Crippen LogP contribution is 2.30. The van der Waals surface area contributed by atoms with Crippen LogP contribution in [0.25, 0.3) is 0 Å². The highest BCUT2D eigenvalue weighted by molar-refractivity contribution is 6.17. The molecule has 0 atom stereocenters. The van der Waals surface area contributed by atoms with Crippen molar-refractivity contribution >= 4 is 23.2 Å². The summed E-state index contributed by atoms with van der Waals surface area (Å²) in [7, 11) is 1.62. The quantitative estimate of drug-likeness (QED) is 0.622. The summed E-state index contributed by atoms with van der Waals surface area (Å²) in [5.74, 6) is 1.32. The number of methoxy groups -OCH3 is 1. The first-order chi connectivity index (χ1) is 10.2. The van der Waals surface area contributed by atoms with Crippen molar-refractivity contribution in [1.29, 1.82) is 0 Å². The van der Waals surface area contributed by atoms with Crippen molar-refractivity contribution in [3.8, 4) is 5.75 Å². The summed E-state index contributed by atoms with van der Waals surface area (Å²) < 4.78 is 5.33. The second-order valence-corrected chi connectivity index (χ2v) is 5.00. The summed E-state index contributed by atoms with van der Waals surface area (Å²) in [4.78, 5) is 11.8. The molecular formula is C16H25ClN2O2. The van der Waals surface area contributed by atoms with Gasteiger partial charge in [0.1, 0.15) is 5.75 Å². The van der Waals surface area contributed by atoms with Crippen molar-refractivity contribution in [2.75, 3.05) is 18.3 Å². The molecule has 0 fully saturated rings. The lowest BCUT2D eigenvalue weighted by Gasteiger charge is -2.12. The lowest BCUT2D eigenvalue weighted by Crippen LogP contribution is -2.12. The number of hydrogen-bond donors (Lipinski definition) is 2. The molecule has 2 N–H and O–H groups in total. The fraction of sp³-hybridized carbons (Fsp3) is 0.562. The number of alkyl halides is 1. The number of anilines is 1. The summed E-state index contributed by atoms with van der Waals surface area (Å²) in [5.41, 5.74) is 3.20. The van der Waals surface area contributed by atoms with E-state index < -0.39 is 0 Å². The second-order valence-electron chi connectivity index (χ2n) is 4.62. The van der Waals surface area contributed by atoms with Gasteiger partial charge in [-0.1, -0.05) is 13.8 Å². The van der Waals surface area contributed by atoms with Crippen LogP contribution in [0.5, 0.6) is 5.75 Å². The molecule has 2 rings (SSSR count). The standard InChI is InChI=1S/C14H19ClN2O2.C2H6/c1-19-13-7-11-9-16-8-10(11)6-12(13)17-14(18)4-2-3-5-15;1-2/h6-7,16H,2-5,8-9H2,1H3,(H,17,18);1-2H3. The Labute approximate surface area is 132 Å².